The molecule has 70 valence electrons. The van der Waals surface area contributed by atoms with Gasteiger partial charge in [0.05, 0.1) is 0 Å². The predicted molar refractivity (Wildman–Crippen MR) is 62.4 cm³/mol. The average molecular weight is 191 g/mol. The lowest BCUT2D eigenvalue weighted by atomic mass is 10.1. The molecule has 13 heavy (non-hydrogen) atoms. The molecule has 0 spiro atoms. The molecule has 0 aliphatic carbocycles. The van der Waals surface area contributed by atoms with Crippen LogP contribution in [-0.4, -0.2) is 30.4 Å². The van der Waals surface area contributed by atoms with Crippen LogP contribution >= 0.6 is 0 Å². The van der Waals surface area contributed by atoms with Crippen LogP contribution in [0.15, 0.2) is 24.3 Å². The first kappa shape index (κ1) is 10.6. The standard InChI is InChI=1S/C11H16N.Al.2H/c1-4-7-10-8-5-6-9-11(10)12(2)3;;;/h5-6,8-9H,1,4,7H2,2-3H3;;;. The summed E-state index contributed by atoms with van der Waals surface area (Å²) in [6, 6.07) is 8.68. The van der Waals surface area contributed by atoms with Crippen molar-refractivity contribution in [2.24, 2.45) is 0 Å². The second-order valence-electron chi connectivity index (χ2n) is 3.63. The van der Waals surface area contributed by atoms with Crippen molar-refractivity contribution in [2.45, 2.75) is 18.1 Å². The number of hydrogen-bond acceptors (Lipinski definition) is 1. The number of aryl methyl sites for hydroxylation is 1. The Morgan fingerprint density at radius 2 is 1.92 bits per heavy atom. The van der Waals surface area contributed by atoms with Crippen molar-refractivity contribution in [1.29, 1.82) is 0 Å². The Kier molecular flexibility index (Phi) is 4.35. The van der Waals surface area contributed by atoms with E-state index in [0.717, 1.165) is 0 Å². The normalized spacial score (nSPS) is 10.0. The fourth-order valence-corrected chi connectivity index (χ4v) is 1.88. The van der Waals surface area contributed by atoms with Crippen LogP contribution < -0.4 is 4.90 Å². The molecule has 1 nitrogen and oxygen atoms in total. The van der Waals surface area contributed by atoms with E-state index in [4.69, 9.17) is 0 Å². The molecule has 0 aliphatic heterocycles. The summed E-state index contributed by atoms with van der Waals surface area (Å²) in [7, 11) is 4.22. The molecule has 0 aromatic heterocycles. The number of benzene rings is 1. The molecule has 0 unspecified atom stereocenters. The summed E-state index contributed by atoms with van der Waals surface area (Å²) in [5.74, 6) is 0. The third kappa shape index (κ3) is 3.06. The van der Waals surface area contributed by atoms with Crippen molar-refractivity contribution in [1.82, 2.24) is 0 Å². The van der Waals surface area contributed by atoms with E-state index in [-0.39, 0.29) is 0 Å². The van der Waals surface area contributed by atoms with Crippen molar-refractivity contribution < 1.29 is 0 Å². The van der Waals surface area contributed by atoms with Gasteiger partial charge < -0.3 is 4.90 Å². The first-order valence-electron chi connectivity index (χ1n) is 5.01. The molecule has 0 bridgehead atoms. The van der Waals surface area contributed by atoms with Crippen LogP contribution in [0.2, 0.25) is 5.28 Å². The van der Waals surface area contributed by atoms with Crippen molar-refractivity contribution in [3.63, 3.8) is 0 Å². The Morgan fingerprint density at radius 3 is 2.54 bits per heavy atom. The van der Waals surface area contributed by atoms with Crippen molar-refractivity contribution >= 4 is 22.0 Å². The Labute approximate surface area is 89.2 Å². The Bertz CT molecular complexity index is 258. The molecule has 2 heteroatoms. The third-order valence-corrected chi connectivity index (χ3v) is 2.98. The maximum atomic E-state index is 2.24. The minimum Gasteiger partial charge on any atom is -0.377 e. The molecule has 0 radical (unpaired) electrons. The zero-order valence-corrected chi connectivity index (χ0v) is 10.9. The van der Waals surface area contributed by atoms with Gasteiger partial charge in [0, 0.05) is 19.8 Å². The molecule has 0 N–H and O–H groups in total. The van der Waals surface area contributed by atoms with Gasteiger partial charge in [-0.25, -0.2) is 0 Å². The molecule has 0 saturated carbocycles. The molecule has 0 atom stereocenters. The van der Waals surface area contributed by atoms with Gasteiger partial charge in [0.15, 0.2) is 0 Å². The van der Waals surface area contributed by atoms with Gasteiger partial charge in [-0.3, -0.25) is 0 Å². The molecule has 0 heterocycles. The molecule has 0 saturated heterocycles. The summed E-state index contributed by atoms with van der Waals surface area (Å²) in [5, 5.41) is 1.40. The van der Waals surface area contributed by atoms with Crippen LogP contribution in [0.4, 0.5) is 5.69 Å². The Balaban J connectivity index is 2.78. The van der Waals surface area contributed by atoms with E-state index in [9.17, 15) is 0 Å². The van der Waals surface area contributed by atoms with Gasteiger partial charge in [0.2, 0.25) is 16.3 Å². The van der Waals surface area contributed by atoms with Gasteiger partial charge in [0.1, 0.15) is 0 Å². The Morgan fingerprint density at radius 1 is 1.23 bits per heavy atom. The van der Waals surface area contributed by atoms with Gasteiger partial charge in [0.25, 0.3) is 0 Å². The minimum absolute atomic E-state index is 1.23. The highest BCUT2D eigenvalue weighted by Gasteiger charge is 2.01. The number of para-hydroxylation sites is 1. The number of hydrogen-bond donors (Lipinski definition) is 0. The van der Waals surface area contributed by atoms with Crippen molar-refractivity contribution in [3.8, 4) is 0 Å². The van der Waals surface area contributed by atoms with Crippen LogP contribution in [-0.2, 0) is 6.42 Å². The highest BCUT2D eigenvalue weighted by atomic mass is 27.0. The minimum atomic E-state index is 1.23. The maximum Gasteiger partial charge on any atom is 0.211 e. The monoisotopic (exact) mass is 191 g/mol. The number of rotatable bonds is 4. The predicted octanol–water partition coefficient (Wildman–Crippen LogP) is 1.74. The van der Waals surface area contributed by atoms with E-state index in [2.05, 4.69) is 43.3 Å². The summed E-state index contributed by atoms with van der Waals surface area (Å²) >= 11 is 1.33. The van der Waals surface area contributed by atoms with Gasteiger partial charge in [-0.05, 0) is 18.1 Å². The van der Waals surface area contributed by atoms with E-state index in [1.54, 1.807) is 0 Å². The van der Waals surface area contributed by atoms with Gasteiger partial charge >= 0.3 is 0 Å². The quantitative estimate of drug-likeness (QED) is 0.655. The maximum absolute atomic E-state index is 2.24. The molecule has 1 aromatic carbocycles. The number of nitrogens with zero attached hydrogens (tertiary/aromatic N) is 1. The molecular weight excluding hydrogens is 173 g/mol. The zero-order chi connectivity index (χ0) is 9.68. The second-order valence-corrected chi connectivity index (χ2v) is 4.63. The third-order valence-electron chi connectivity index (χ3n) is 2.27. The molecular formula is C11H18AlN. The summed E-state index contributed by atoms with van der Waals surface area (Å²) in [6.45, 7) is 0. The van der Waals surface area contributed by atoms with Gasteiger partial charge in [-0.2, -0.15) is 0 Å². The zero-order valence-electron chi connectivity index (χ0n) is 8.88. The average Bonchev–Trinajstić information content (AvgIpc) is 2.15. The fraction of sp³-hybridized carbons (Fsp3) is 0.455. The SMILES string of the molecule is CN(C)c1ccccc1CC[CH2][AlH2]. The first-order valence-corrected chi connectivity index (χ1v) is 6.42. The van der Waals surface area contributed by atoms with Gasteiger partial charge in [-0.1, -0.05) is 24.6 Å². The van der Waals surface area contributed by atoms with Crippen LogP contribution in [0.3, 0.4) is 0 Å². The van der Waals surface area contributed by atoms with Crippen LogP contribution in [0.1, 0.15) is 12.0 Å². The van der Waals surface area contributed by atoms with E-state index in [0.29, 0.717) is 0 Å². The molecule has 0 amide bonds. The highest BCUT2D eigenvalue weighted by molar-refractivity contribution is 6.08. The smallest absolute Gasteiger partial charge is 0.211 e. The summed E-state index contributed by atoms with van der Waals surface area (Å²) in [6.07, 6.45) is 2.58. The lowest BCUT2D eigenvalue weighted by Crippen LogP contribution is -2.11. The van der Waals surface area contributed by atoms with E-state index < -0.39 is 0 Å². The Hall–Kier alpha value is -0.448. The van der Waals surface area contributed by atoms with Gasteiger partial charge in [-0.15, -0.1) is 5.28 Å². The summed E-state index contributed by atoms with van der Waals surface area (Å²) < 4.78 is 0. The molecule has 1 aromatic rings. The summed E-state index contributed by atoms with van der Waals surface area (Å²) in [4.78, 5) is 2.20. The summed E-state index contributed by atoms with van der Waals surface area (Å²) in [5.41, 5.74) is 2.86. The van der Waals surface area contributed by atoms with Crippen LogP contribution in [0.5, 0.6) is 0 Å². The van der Waals surface area contributed by atoms with Crippen LogP contribution in [0.25, 0.3) is 0 Å². The van der Waals surface area contributed by atoms with E-state index >= 15 is 0 Å². The fourth-order valence-electron chi connectivity index (χ4n) is 1.53. The molecule has 0 fully saturated rings. The second kappa shape index (κ2) is 5.32. The van der Waals surface area contributed by atoms with Crippen molar-refractivity contribution in [2.75, 3.05) is 19.0 Å². The number of anilines is 1. The first-order chi connectivity index (χ1) is 6.25. The van der Waals surface area contributed by atoms with E-state index in [1.165, 1.54) is 45.7 Å². The molecule has 1 rings (SSSR count). The largest absolute Gasteiger partial charge is 0.377 e. The lowest BCUT2D eigenvalue weighted by molar-refractivity contribution is 0.910. The van der Waals surface area contributed by atoms with Crippen LogP contribution in [0, 0.1) is 0 Å². The van der Waals surface area contributed by atoms with E-state index in [1.807, 2.05) is 0 Å². The van der Waals surface area contributed by atoms with Crippen molar-refractivity contribution in [3.05, 3.63) is 29.8 Å². The topological polar surface area (TPSA) is 3.24 Å². The highest BCUT2D eigenvalue weighted by Crippen LogP contribution is 2.19. The molecule has 0 aliphatic rings. The lowest BCUT2D eigenvalue weighted by Gasteiger charge is -2.16.